The zero-order valence-electron chi connectivity index (χ0n) is 33.5. The number of aromatic nitrogens is 2. The molecule has 2 aromatic carbocycles. The van der Waals surface area contributed by atoms with Crippen molar-refractivity contribution in [2.45, 2.75) is 98.4 Å². The summed E-state index contributed by atoms with van der Waals surface area (Å²) in [7, 11) is 0. The van der Waals surface area contributed by atoms with Gasteiger partial charge in [-0.3, -0.25) is 24.0 Å². The van der Waals surface area contributed by atoms with E-state index in [0.29, 0.717) is 52.3 Å². The fourth-order valence-electron chi connectivity index (χ4n) is 7.34. The van der Waals surface area contributed by atoms with Gasteiger partial charge >= 0.3 is 0 Å². The van der Waals surface area contributed by atoms with E-state index >= 15 is 0 Å². The van der Waals surface area contributed by atoms with Crippen LogP contribution in [-0.4, -0.2) is 74.2 Å². The molecule has 4 heterocycles. The zero-order valence-corrected chi connectivity index (χ0v) is 34.4. The van der Waals surface area contributed by atoms with Gasteiger partial charge in [0.1, 0.15) is 17.9 Å². The molecule has 2 aromatic heterocycles. The summed E-state index contributed by atoms with van der Waals surface area (Å²) in [6.45, 7) is 11.3. The highest BCUT2D eigenvalue weighted by atomic mass is 32.1. The fourth-order valence-corrected chi connectivity index (χ4v) is 8.15. The molecule has 13 nitrogen and oxygen atoms in total. The Bertz CT molecular complexity index is 2260. The first kappa shape index (κ1) is 41.9. The van der Waals surface area contributed by atoms with Gasteiger partial charge in [-0.15, -0.1) is 11.3 Å². The molecule has 15 heteroatoms. The van der Waals surface area contributed by atoms with E-state index in [9.17, 15) is 33.5 Å². The van der Waals surface area contributed by atoms with Crippen LogP contribution in [-0.2, 0) is 30.5 Å². The maximum Gasteiger partial charge on any atom is 0.256 e. The molecule has 0 radical (unpaired) electrons. The Balaban J connectivity index is 0.991. The lowest BCUT2D eigenvalue weighted by atomic mass is 9.85. The lowest BCUT2D eigenvalue weighted by Crippen LogP contribution is -2.57. The van der Waals surface area contributed by atoms with Crippen molar-refractivity contribution >= 4 is 63.9 Å². The van der Waals surface area contributed by atoms with Crippen LogP contribution in [0.5, 0.6) is 0 Å². The molecule has 306 valence electrons. The summed E-state index contributed by atoms with van der Waals surface area (Å²) in [5.74, 6) is -2.25. The Labute approximate surface area is 340 Å². The molecular formula is C43H50FN7O6S. The number of hydrogen-bond acceptors (Lipinski definition) is 8. The van der Waals surface area contributed by atoms with Crippen molar-refractivity contribution in [3.05, 3.63) is 87.6 Å². The lowest BCUT2D eigenvalue weighted by Gasteiger charge is -2.35. The van der Waals surface area contributed by atoms with E-state index < -0.39 is 35.3 Å². The summed E-state index contributed by atoms with van der Waals surface area (Å²) in [5, 5.41) is 22.0. The Morgan fingerprint density at radius 3 is 2.43 bits per heavy atom. The molecule has 0 unspecified atom stereocenters. The number of aliphatic hydroxyl groups is 1. The van der Waals surface area contributed by atoms with Gasteiger partial charge in [0.2, 0.25) is 23.6 Å². The molecule has 0 bridgehead atoms. The highest BCUT2D eigenvalue weighted by molar-refractivity contribution is 7.13. The topological polar surface area (TPSA) is 186 Å². The summed E-state index contributed by atoms with van der Waals surface area (Å²) in [4.78, 5) is 76.1. The average molecular weight is 812 g/mol. The summed E-state index contributed by atoms with van der Waals surface area (Å²) in [5.41, 5.74) is 7.86. The number of fused-ring (bicyclic) bond motifs is 1. The van der Waals surface area contributed by atoms with Crippen LogP contribution in [0.3, 0.4) is 0 Å². The number of unbranched alkanes of at least 4 members (excludes halogenated alkanes) is 1. The van der Waals surface area contributed by atoms with Crippen molar-refractivity contribution in [1.82, 2.24) is 25.5 Å². The number of aliphatic hydroxyl groups excluding tert-OH is 1. The van der Waals surface area contributed by atoms with Crippen LogP contribution in [0.4, 0.5) is 15.8 Å². The van der Waals surface area contributed by atoms with Gasteiger partial charge in [0.25, 0.3) is 5.91 Å². The van der Waals surface area contributed by atoms with Gasteiger partial charge in [0.15, 0.2) is 0 Å². The molecule has 3 atom stereocenters. The van der Waals surface area contributed by atoms with Crippen LogP contribution in [0.2, 0.25) is 0 Å². The van der Waals surface area contributed by atoms with Crippen LogP contribution < -0.4 is 21.3 Å². The van der Waals surface area contributed by atoms with E-state index in [2.05, 4.69) is 31.2 Å². The highest BCUT2D eigenvalue weighted by Gasteiger charge is 2.44. The molecule has 4 aromatic rings. The second-order valence-electron chi connectivity index (χ2n) is 16.1. The molecule has 6 N–H and O–H groups in total. The van der Waals surface area contributed by atoms with Gasteiger partial charge in [-0.1, -0.05) is 45.0 Å². The van der Waals surface area contributed by atoms with Crippen LogP contribution in [0, 0.1) is 32.0 Å². The minimum atomic E-state index is -0.960. The Hall–Kier alpha value is -5.67. The second kappa shape index (κ2) is 17.4. The van der Waals surface area contributed by atoms with Gasteiger partial charge in [-0.2, -0.15) is 0 Å². The van der Waals surface area contributed by atoms with E-state index in [4.69, 9.17) is 0 Å². The van der Waals surface area contributed by atoms with Crippen molar-refractivity contribution in [3.8, 4) is 10.4 Å². The maximum absolute atomic E-state index is 14.0. The number of halogens is 1. The monoisotopic (exact) mass is 811 g/mol. The number of hydrogen-bond donors (Lipinski definition) is 6. The number of aromatic amines is 1. The number of nitrogens with one attached hydrogen (secondary N) is 5. The molecule has 58 heavy (non-hydrogen) atoms. The van der Waals surface area contributed by atoms with Crippen LogP contribution in [0.15, 0.2) is 48.0 Å². The van der Waals surface area contributed by atoms with Gasteiger partial charge in [-0.05, 0) is 80.0 Å². The minimum absolute atomic E-state index is 0.0281. The molecule has 0 saturated carbocycles. The fraction of sp³-hybridized carbons (Fsp3) is 0.395. The van der Waals surface area contributed by atoms with Crippen molar-refractivity contribution in [2.75, 3.05) is 17.2 Å². The van der Waals surface area contributed by atoms with Crippen molar-refractivity contribution < 1.29 is 33.5 Å². The number of amides is 5. The van der Waals surface area contributed by atoms with Gasteiger partial charge < -0.3 is 36.3 Å². The number of anilines is 2. The first-order chi connectivity index (χ1) is 27.5. The van der Waals surface area contributed by atoms with E-state index in [1.165, 1.54) is 23.1 Å². The van der Waals surface area contributed by atoms with Crippen LogP contribution >= 0.6 is 11.3 Å². The molecule has 2 aliphatic rings. The number of nitrogens with zero attached hydrogens (tertiary/aromatic N) is 2. The molecule has 0 spiro atoms. The Kier molecular flexibility index (Phi) is 12.6. The van der Waals surface area contributed by atoms with Crippen molar-refractivity contribution in [2.24, 2.45) is 5.41 Å². The lowest BCUT2D eigenvalue weighted by molar-refractivity contribution is -0.144. The summed E-state index contributed by atoms with van der Waals surface area (Å²) in [6.07, 6.45) is 1.85. The maximum atomic E-state index is 14.0. The number of benzene rings is 2. The molecule has 2 aliphatic heterocycles. The quantitative estimate of drug-likeness (QED) is 0.0706. The van der Waals surface area contributed by atoms with Crippen LogP contribution in [0.1, 0.15) is 86.6 Å². The van der Waals surface area contributed by atoms with E-state index in [1.54, 1.807) is 29.8 Å². The number of β-amino-alcohol motifs (C(OH)–C–C–N with tert-alkyl or cyclic N) is 1. The molecule has 1 saturated heterocycles. The Morgan fingerprint density at radius 2 is 1.76 bits per heavy atom. The van der Waals surface area contributed by atoms with E-state index in [-0.39, 0.29) is 56.0 Å². The third-order valence-electron chi connectivity index (χ3n) is 10.6. The number of carbonyl (C=O) groups is 5. The third kappa shape index (κ3) is 9.54. The van der Waals surface area contributed by atoms with E-state index in [1.807, 2.05) is 58.9 Å². The summed E-state index contributed by atoms with van der Waals surface area (Å²) >= 11 is 1.56. The number of carbonyl (C=O) groups excluding carboxylic acids is 5. The van der Waals surface area contributed by atoms with Gasteiger partial charge in [0, 0.05) is 55.0 Å². The number of aryl methyl sites for hydroxylation is 2. The minimum Gasteiger partial charge on any atom is -0.391 e. The average Bonchev–Trinajstić information content (AvgIpc) is 3.93. The molecule has 5 amide bonds. The predicted molar refractivity (Wildman–Crippen MR) is 222 cm³/mol. The normalized spacial score (nSPS) is 17.6. The highest BCUT2D eigenvalue weighted by Crippen LogP contribution is 2.35. The molecule has 1 fully saturated rings. The van der Waals surface area contributed by atoms with Gasteiger partial charge in [0.05, 0.1) is 33.4 Å². The first-order valence-corrected chi connectivity index (χ1v) is 20.2. The zero-order chi connectivity index (χ0) is 41.9. The molecular weight excluding hydrogens is 762 g/mol. The van der Waals surface area contributed by atoms with E-state index in [0.717, 1.165) is 21.7 Å². The summed E-state index contributed by atoms with van der Waals surface area (Å²) < 4.78 is 13.9. The second-order valence-corrected chi connectivity index (χ2v) is 16.9. The predicted octanol–water partition coefficient (Wildman–Crippen LogP) is 6.00. The number of likely N-dealkylation sites (tertiary alicyclic amines) is 1. The number of rotatable bonds is 13. The third-order valence-corrected chi connectivity index (χ3v) is 11.5. The number of H-pyrrole nitrogens is 1. The van der Waals surface area contributed by atoms with Crippen molar-refractivity contribution in [3.63, 3.8) is 0 Å². The smallest absolute Gasteiger partial charge is 0.256 e. The number of thiazole rings is 1. The molecule has 0 aliphatic carbocycles. The first-order valence-electron chi connectivity index (χ1n) is 19.4. The largest absolute Gasteiger partial charge is 0.391 e. The summed E-state index contributed by atoms with van der Waals surface area (Å²) in [6, 6.07) is 10.1. The molecule has 6 rings (SSSR count). The van der Waals surface area contributed by atoms with Crippen LogP contribution in [0.25, 0.3) is 22.1 Å². The SMILES string of the molecule is Cc1ncsc1-c1ccc(CNC(=O)[C@@H]2C[C@@H](O)CN2C(=O)[C@@H](NC(=O)CCCCC(=O)Nc2c(C)[nH]c(/C=C3\C(=O)Nc4ccc(F)cc43)c2C)C(C)(C)C)cc1. The Morgan fingerprint density at radius 1 is 1.05 bits per heavy atom. The van der Waals surface area contributed by atoms with Gasteiger partial charge in [-0.25, -0.2) is 9.37 Å². The standard InChI is InChI=1S/C43H50FN7O6S/c1-23-33(19-31-30-17-28(44)15-16-32(30)48-40(31)55)47-24(2)37(23)49-35(53)9-7-8-10-36(54)50-39(43(4,5)6)42(57)51-21-29(52)18-34(51)41(56)45-20-26-11-13-27(14-12-26)38-25(3)46-22-58-38/h11-17,19,22,29,34,39,47,52H,7-10,18,20-21H2,1-6H3,(H,45,56)(H,48,55)(H,49,53)(H,50,54)/b31-19-/t29-,34+,39-/m1/s1. The van der Waals surface area contributed by atoms with Crippen molar-refractivity contribution in [1.29, 1.82) is 0 Å².